The number of urea groups is 1. The predicted molar refractivity (Wildman–Crippen MR) is 94.0 cm³/mol. The second kappa shape index (κ2) is 7.00. The van der Waals surface area contributed by atoms with Gasteiger partial charge in [0.1, 0.15) is 0 Å². The highest BCUT2D eigenvalue weighted by Gasteiger charge is 2.37. The molecule has 6 heteroatoms. The molecule has 0 bridgehead atoms. The zero-order valence-corrected chi connectivity index (χ0v) is 13.6. The Bertz CT molecular complexity index is 859. The second-order valence-corrected chi connectivity index (χ2v) is 5.26. The smallest absolute Gasteiger partial charge is 0.333 e. The maximum atomic E-state index is 12.7. The number of para-hydroxylation sites is 2. The molecule has 0 unspecified atom stereocenters. The summed E-state index contributed by atoms with van der Waals surface area (Å²) < 4.78 is 4.87. The Morgan fingerprint density at radius 3 is 2.48 bits per heavy atom. The van der Waals surface area contributed by atoms with E-state index in [0.29, 0.717) is 16.9 Å². The number of fused-ring (bicyclic) bond motifs is 1. The summed E-state index contributed by atoms with van der Waals surface area (Å²) in [5.41, 5.74) is 1.65. The molecule has 0 aromatic heterocycles. The number of carbonyl (C=O) groups is 3. The monoisotopic (exact) mass is 336 g/mol. The van der Waals surface area contributed by atoms with E-state index in [4.69, 9.17) is 4.74 Å². The number of benzene rings is 2. The summed E-state index contributed by atoms with van der Waals surface area (Å²) in [5.74, 6) is -1.19. The highest BCUT2D eigenvalue weighted by Crippen LogP contribution is 2.36. The van der Waals surface area contributed by atoms with Gasteiger partial charge in [0.05, 0.1) is 17.9 Å². The van der Waals surface area contributed by atoms with Crippen LogP contribution >= 0.6 is 0 Å². The normalized spacial score (nSPS) is 14.4. The number of hydrogen-bond acceptors (Lipinski definition) is 4. The summed E-state index contributed by atoms with van der Waals surface area (Å²) >= 11 is 0. The van der Waals surface area contributed by atoms with E-state index in [0.717, 1.165) is 11.0 Å². The molecular formula is C19H16N2O4. The zero-order chi connectivity index (χ0) is 17.8. The lowest BCUT2D eigenvalue weighted by Gasteiger charge is -2.16. The van der Waals surface area contributed by atoms with Crippen LogP contribution in [0.5, 0.6) is 0 Å². The van der Waals surface area contributed by atoms with Gasteiger partial charge in [-0.2, -0.15) is 0 Å². The SMILES string of the molecule is CCOC(=O)/C=C1/C(=O)N(C(=O)Nc2ccccc2)c2ccccc21. The van der Waals surface area contributed by atoms with E-state index in [9.17, 15) is 14.4 Å². The average molecular weight is 336 g/mol. The van der Waals surface area contributed by atoms with E-state index in [1.807, 2.05) is 6.07 Å². The van der Waals surface area contributed by atoms with Crippen molar-refractivity contribution in [3.05, 3.63) is 66.2 Å². The van der Waals surface area contributed by atoms with Gasteiger partial charge < -0.3 is 10.1 Å². The van der Waals surface area contributed by atoms with Gasteiger partial charge in [0.15, 0.2) is 0 Å². The van der Waals surface area contributed by atoms with Crippen LogP contribution in [0, 0.1) is 0 Å². The maximum Gasteiger partial charge on any atom is 0.333 e. The van der Waals surface area contributed by atoms with Crippen molar-refractivity contribution < 1.29 is 19.1 Å². The standard InChI is InChI=1S/C19H16N2O4/c1-2-25-17(22)12-15-14-10-6-7-11-16(14)21(18(15)23)19(24)20-13-8-4-3-5-9-13/h3-12H,2H2,1H3,(H,20,24)/b15-12+. The highest BCUT2D eigenvalue weighted by molar-refractivity contribution is 6.42. The average Bonchev–Trinajstić information content (AvgIpc) is 2.88. The van der Waals surface area contributed by atoms with Crippen LogP contribution in [0.1, 0.15) is 12.5 Å². The number of amides is 3. The van der Waals surface area contributed by atoms with E-state index >= 15 is 0 Å². The van der Waals surface area contributed by atoms with Crippen molar-refractivity contribution in [2.24, 2.45) is 0 Å². The van der Waals surface area contributed by atoms with Crippen LogP contribution in [-0.2, 0) is 14.3 Å². The lowest BCUT2D eigenvalue weighted by atomic mass is 10.1. The third-order valence-corrected chi connectivity index (χ3v) is 3.65. The van der Waals surface area contributed by atoms with Crippen LogP contribution in [0.25, 0.3) is 5.57 Å². The van der Waals surface area contributed by atoms with Crippen molar-refractivity contribution in [2.75, 3.05) is 16.8 Å². The molecule has 0 radical (unpaired) electrons. The molecule has 0 atom stereocenters. The number of imide groups is 1. The van der Waals surface area contributed by atoms with Gasteiger partial charge in [-0.1, -0.05) is 36.4 Å². The summed E-state index contributed by atoms with van der Waals surface area (Å²) in [4.78, 5) is 38.1. The Hall–Kier alpha value is -3.41. The van der Waals surface area contributed by atoms with Crippen LogP contribution in [0.3, 0.4) is 0 Å². The third-order valence-electron chi connectivity index (χ3n) is 3.65. The fraction of sp³-hybridized carbons (Fsp3) is 0.105. The van der Waals surface area contributed by atoms with Crippen molar-refractivity contribution in [3.8, 4) is 0 Å². The van der Waals surface area contributed by atoms with Gasteiger partial charge in [-0.3, -0.25) is 4.79 Å². The van der Waals surface area contributed by atoms with E-state index in [1.165, 1.54) is 0 Å². The molecule has 3 amide bonds. The Balaban J connectivity index is 1.94. The van der Waals surface area contributed by atoms with Gasteiger partial charge in [-0.15, -0.1) is 0 Å². The first-order valence-corrected chi connectivity index (χ1v) is 7.80. The molecule has 0 aliphatic carbocycles. The van der Waals surface area contributed by atoms with Gasteiger partial charge in [-0.25, -0.2) is 14.5 Å². The molecule has 2 aromatic rings. The first-order chi connectivity index (χ1) is 12.1. The van der Waals surface area contributed by atoms with Gasteiger partial charge in [0, 0.05) is 17.3 Å². The van der Waals surface area contributed by atoms with Crippen molar-refractivity contribution in [2.45, 2.75) is 6.92 Å². The molecule has 126 valence electrons. The Labute approximate surface area is 144 Å². The number of nitrogens with one attached hydrogen (secondary N) is 1. The fourth-order valence-corrected chi connectivity index (χ4v) is 2.59. The minimum absolute atomic E-state index is 0.136. The molecule has 2 aromatic carbocycles. The Morgan fingerprint density at radius 1 is 1.08 bits per heavy atom. The van der Waals surface area contributed by atoms with Crippen molar-refractivity contribution in [1.29, 1.82) is 0 Å². The first kappa shape index (κ1) is 16.4. The predicted octanol–water partition coefficient (Wildman–Crippen LogP) is 3.21. The number of hydrogen-bond donors (Lipinski definition) is 1. The van der Waals surface area contributed by atoms with Gasteiger partial charge in [0.2, 0.25) is 0 Å². The molecule has 0 spiro atoms. The molecule has 0 fully saturated rings. The van der Waals surface area contributed by atoms with Gasteiger partial charge in [0.25, 0.3) is 5.91 Å². The van der Waals surface area contributed by atoms with Crippen LogP contribution in [0.2, 0.25) is 0 Å². The van der Waals surface area contributed by atoms with E-state index in [-0.39, 0.29) is 12.2 Å². The quantitative estimate of drug-likeness (QED) is 0.690. The van der Waals surface area contributed by atoms with E-state index in [1.54, 1.807) is 55.5 Å². The molecule has 0 saturated carbocycles. The molecule has 6 nitrogen and oxygen atoms in total. The fourth-order valence-electron chi connectivity index (χ4n) is 2.59. The molecule has 1 aliphatic rings. The van der Waals surface area contributed by atoms with Crippen molar-refractivity contribution in [1.82, 2.24) is 0 Å². The first-order valence-electron chi connectivity index (χ1n) is 7.80. The summed E-state index contributed by atoms with van der Waals surface area (Å²) in [7, 11) is 0. The summed E-state index contributed by atoms with van der Waals surface area (Å²) in [5, 5.41) is 2.68. The molecule has 25 heavy (non-hydrogen) atoms. The molecule has 3 rings (SSSR count). The maximum absolute atomic E-state index is 12.7. The number of ether oxygens (including phenoxy) is 1. The Morgan fingerprint density at radius 2 is 1.76 bits per heavy atom. The summed E-state index contributed by atoms with van der Waals surface area (Å²) in [6.45, 7) is 1.89. The molecule has 0 saturated heterocycles. The van der Waals surface area contributed by atoms with E-state index < -0.39 is 17.9 Å². The number of rotatable bonds is 3. The summed E-state index contributed by atoms with van der Waals surface area (Å²) in [6, 6.07) is 15.1. The number of anilines is 2. The third kappa shape index (κ3) is 3.28. The van der Waals surface area contributed by atoms with Crippen molar-refractivity contribution in [3.63, 3.8) is 0 Å². The lowest BCUT2D eigenvalue weighted by Crippen LogP contribution is -2.37. The Kier molecular flexibility index (Phi) is 4.61. The van der Waals surface area contributed by atoms with Crippen LogP contribution < -0.4 is 10.2 Å². The molecular weight excluding hydrogens is 320 g/mol. The zero-order valence-electron chi connectivity index (χ0n) is 13.6. The largest absolute Gasteiger partial charge is 0.463 e. The second-order valence-electron chi connectivity index (χ2n) is 5.26. The lowest BCUT2D eigenvalue weighted by molar-refractivity contribution is -0.137. The number of nitrogens with zero attached hydrogens (tertiary/aromatic N) is 1. The van der Waals surface area contributed by atoms with Crippen LogP contribution in [0.4, 0.5) is 16.2 Å². The highest BCUT2D eigenvalue weighted by atomic mass is 16.5. The number of esters is 1. The van der Waals surface area contributed by atoms with Crippen LogP contribution in [0.15, 0.2) is 60.7 Å². The number of carbonyl (C=O) groups excluding carboxylic acids is 3. The van der Waals surface area contributed by atoms with Crippen molar-refractivity contribution >= 4 is 34.9 Å². The molecule has 1 N–H and O–H groups in total. The summed E-state index contributed by atoms with van der Waals surface area (Å²) in [6.07, 6.45) is 1.13. The minimum Gasteiger partial charge on any atom is -0.463 e. The minimum atomic E-state index is -0.619. The van der Waals surface area contributed by atoms with E-state index in [2.05, 4.69) is 5.32 Å². The topological polar surface area (TPSA) is 75.7 Å². The van der Waals surface area contributed by atoms with Crippen LogP contribution in [-0.4, -0.2) is 24.5 Å². The molecule has 1 heterocycles. The molecule has 1 aliphatic heterocycles. The van der Waals surface area contributed by atoms with Gasteiger partial charge >= 0.3 is 12.0 Å². The van der Waals surface area contributed by atoms with Gasteiger partial charge in [-0.05, 0) is 25.1 Å².